The molecule has 0 aliphatic carbocycles. The summed E-state index contributed by atoms with van der Waals surface area (Å²) in [6.07, 6.45) is 8.88. The first-order chi connectivity index (χ1) is 29.0. The molecule has 2 amide bonds. The summed E-state index contributed by atoms with van der Waals surface area (Å²) >= 11 is 3.47. The quantitative estimate of drug-likeness (QED) is 0.192. The van der Waals surface area contributed by atoms with Gasteiger partial charge in [-0.1, -0.05) is 33.7 Å². The second-order valence-electron chi connectivity index (χ2n) is 14.4. The summed E-state index contributed by atoms with van der Waals surface area (Å²) < 4.78 is 13.8. The number of esters is 2. The number of carbonyl (C=O) groups is 4. The zero-order chi connectivity index (χ0) is 44.2. The maximum Gasteiger partial charge on any atom is 0.359 e. The molecule has 6 heterocycles. The highest BCUT2D eigenvalue weighted by Crippen LogP contribution is 2.26. The van der Waals surface area contributed by atoms with Gasteiger partial charge >= 0.3 is 11.9 Å². The van der Waals surface area contributed by atoms with Crippen molar-refractivity contribution in [1.29, 1.82) is 0 Å². The van der Waals surface area contributed by atoms with Gasteiger partial charge in [-0.3, -0.25) is 9.59 Å². The Morgan fingerprint density at radius 1 is 0.754 bits per heavy atom. The van der Waals surface area contributed by atoms with E-state index in [1.54, 1.807) is 60.1 Å². The van der Waals surface area contributed by atoms with Crippen LogP contribution >= 0.6 is 15.9 Å². The maximum atomic E-state index is 12.2. The number of amides is 2. The highest BCUT2D eigenvalue weighted by atomic mass is 79.9. The Bertz CT molecular complexity index is 2800. The summed E-state index contributed by atoms with van der Waals surface area (Å²) in [6.45, 7) is 4.90. The molecule has 2 aliphatic heterocycles. The first kappa shape index (κ1) is 43.7. The van der Waals surface area contributed by atoms with Gasteiger partial charge in [-0.2, -0.15) is 10.2 Å². The standard InChI is InChI=1S/C22H20N4O4.C15H12BrN3O2.C7H9NO2/c1-14-11-15(6-7-22(29)8-10-25(2)21(22)28)13-16(12-14)26-19-17(5-4-9-23-19)18(24-26)20(27)30-3;1-9-6-10(16)8-11(7-9)19-14-12(4-3-5-17-14)13(18-19)15(20)21-2;1-3-7(10)4-5-8(2)6(7)9/h4-5,9,11-13,29H,8,10H2,1-3H3;3-8H,1-2H3;1,10H,4-5H2,2H3/t22-;;7-/m0.0/s1. The molecule has 0 bridgehead atoms. The van der Waals surface area contributed by atoms with Gasteiger partial charge in [0.05, 0.1) is 36.4 Å². The zero-order valence-corrected chi connectivity index (χ0v) is 35.7. The highest BCUT2D eigenvalue weighted by molar-refractivity contribution is 9.10. The van der Waals surface area contributed by atoms with E-state index in [0.717, 1.165) is 21.3 Å². The van der Waals surface area contributed by atoms with Crippen molar-refractivity contribution in [3.05, 3.63) is 106 Å². The molecule has 0 unspecified atom stereocenters. The van der Waals surface area contributed by atoms with E-state index in [4.69, 9.17) is 15.9 Å². The van der Waals surface area contributed by atoms with Crippen LogP contribution in [0.3, 0.4) is 0 Å². The molecular weight excluding hydrogens is 848 g/mol. The Hall–Kier alpha value is -6.92. The molecule has 2 N–H and O–H groups in total. The van der Waals surface area contributed by atoms with Crippen molar-refractivity contribution in [3.8, 4) is 35.6 Å². The number of halogens is 1. The highest BCUT2D eigenvalue weighted by Gasteiger charge is 2.43. The third kappa shape index (κ3) is 9.00. The van der Waals surface area contributed by atoms with Gasteiger partial charge < -0.3 is 29.5 Å². The van der Waals surface area contributed by atoms with Crippen molar-refractivity contribution in [2.75, 3.05) is 41.4 Å². The number of ether oxygens (including phenoxy) is 2. The number of methoxy groups -OCH3 is 2. The van der Waals surface area contributed by atoms with Gasteiger partial charge in [0.15, 0.2) is 22.7 Å². The SMILES string of the molecule is C#C[C@]1(O)CCN(C)C1=O.COC(=O)c1nn(-c2cc(C)cc(Br)c2)c2ncccc12.COC(=O)c1nn(-c2cc(C)cc(C#C[C@]3(O)CCN(C)C3=O)c2)c2ncccc12. The Balaban J connectivity index is 0.000000173. The van der Waals surface area contributed by atoms with E-state index in [1.165, 1.54) is 24.0 Å². The van der Waals surface area contributed by atoms with E-state index < -0.39 is 29.0 Å². The predicted molar refractivity (Wildman–Crippen MR) is 228 cm³/mol. The summed E-state index contributed by atoms with van der Waals surface area (Å²) in [5.41, 5.74) is 2.45. The number of aryl methyl sites for hydroxylation is 2. The first-order valence-corrected chi connectivity index (χ1v) is 19.5. The van der Waals surface area contributed by atoms with Gasteiger partial charge in [-0.25, -0.2) is 28.9 Å². The lowest BCUT2D eigenvalue weighted by atomic mass is 10.0. The lowest BCUT2D eigenvalue weighted by Gasteiger charge is -2.13. The van der Waals surface area contributed by atoms with Crippen LogP contribution in [0, 0.1) is 38.0 Å². The summed E-state index contributed by atoms with van der Waals surface area (Å²) in [4.78, 5) is 58.7. The molecule has 2 saturated heterocycles. The third-order valence-electron chi connectivity index (χ3n) is 9.89. The van der Waals surface area contributed by atoms with E-state index in [9.17, 15) is 29.4 Å². The molecule has 4 aromatic heterocycles. The minimum atomic E-state index is -1.67. The van der Waals surface area contributed by atoms with E-state index in [1.807, 2.05) is 50.2 Å². The fourth-order valence-corrected chi connectivity index (χ4v) is 7.28. The third-order valence-corrected chi connectivity index (χ3v) is 10.3. The van der Waals surface area contributed by atoms with Gasteiger partial charge in [-0.15, -0.1) is 6.42 Å². The number of hydrogen-bond donors (Lipinski definition) is 2. The molecule has 17 heteroatoms. The lowest BCUT2D eigenvalue weighted by Crippen LogP contribution is -2.37. The smallest absolute Gasteiger partial charge is 0.359 e. The second kappa shape index (κ2) is 17.7. The fourth-order valence-electron chi connectivity index (χ4n) is 6.69. The van der Waals surface area contributed by atoms with Crippen LogP contribution in [0.5, 0.6) is 0 Å². The topological polar surface area (TPSA) is 195 Å². The number of likely N-dealkylation sites (tertiary alicyclic amines) is 2. The molecule has 0 saturated carbocycles. The molecule has 6 aromatic rings. The minimum Gasteiger partial charge on any atom is -0.464 e. The second-order valence-corrected chi connectivity index (χ2v) is 15.3. The number of rotatable bonds is 4. The van der Waals surface area contributed by atoms with Crippen molar-refractivity contribution >= 4 is 61.7 Å². The average Bonchev–Trinajstić information content (AvgIpc) is 3.98. The number of likely N-dealkylation sites (N-methyl/N-ethyl adjacent to an activating group) is 2. The van der Waals surface area contributed by atoms with Crippen molar-refractivity contribution < 1.29 is 38.9 Å². The number of carbonyl (C=O) groups excluding carboxylic acids is 4. The number of fused-ring (bicyclic) bond motifs is 2. The number of aromatic nitrogens is 6. The Morgan fingerprint density at radius 3 is 1.66 bits per heavy atom. The monoisotopic (exact) mass is 888 g/mol. The van der Waals surface area contributed by atoms with Crippen molar-refractivity contribution in [2.45, 2.75) is 37.9 Å². The number of hydrogen-bond acceptors (Lipinski definition) is 12. The van der Waals surface area contributed by atoms with Gasteiger partial charge in [0, 0.05) is 62.5 Å². The number of aliphatic hydroxyl groups is 2. The van der Waals surface area contributed by atoms with E-state index in [0.29, 0.717) is 52.8 Å². The average molecular weight is 890 g/mol. The van der Waals surface area contributed by atoms with Crippen LogP contribution in [0.25, 0.3) is 33.4 Å². The van der Waals surface area contributed by atoms with E-state index in [2.05, 4.69) is 53.9 Å². The number of pyridine rings is 2. The minimum absolute atomic E-state index is 0.170. The van der Waals surface area contributed by atoms with Gasteiger partial charge in [0.1, 0.15) is 0 Å². The van der Waals surface area contributed by atoms with Crippen LogP contribution in [0.4, 0.5) is 0 Å². The van der Waals surface area contributed by atoms with Crippen LogP contribution in [0.15, 0.2) is 77.5 Å². The molecule has 312 valence electrons. The molecule has 2 fully saturated rings. The van der Waals surface area contributed by atoms with Crippen LogP contribution in [-0.4, -0.2) is 126 Å². The van der Waals surface area contributed by atoms with Gasteiger partial charge in [0.2, 0.25) is 11.2 Å². The molecule has 0 spiro atoms. The Labute approximate surface area is 359 Å². The van der Waals surface area contributed by atoms with Crippen LogP contribution in [0.1, 0.15) is 50.5 Å². The van der Waals surface area contributed by atoms with Crippen molar-refractivity contribution in [1.82, 2.24) is 39.3 Å². The maximum absolute atomic E-state index is 12.2. The van der Waals surface area contributed by atoms with Crippen LogP contribution in [-0.2, 0) is 19.1 Å². The Morgan fingerprint density at radius 2 is 1.23 bits per heavy atom. The molecule has 0 radical (unpaired) electrons. The van der Waals surface area contributed by atoms with Crippen molar-refractivity contribution in [3.63, 3.8) is 0 Å². The fraction of sp³-hybridized carbons (Fsp3) is 0.273. The number of benzene rings is 2. The van der Waals surface area contributed by atoms with E-state index in [-0.39, 0.29) is 23.7 Å². The van der Waals surface area contributed by atoms with Crippen molar-refractivity contribution in [2.24, 2.45) is 0 Å². The molecule has 2 aliphatic rings. The number of terminal acetylenes is 1. The summed E-state index contributed by atoms with van der Waals surface area (Å²) in [5, 5.41) is 29.9. The summed E-state index contributed by atoms with van der Waals surface area (Å²) in [7, 11) is 5.91. The Kier molecular flexibility index (Phi) is 12.7. The molecule has 8 rings (SSSR count). The van der Waals surface area contributed by atoms with Gasteiger partial charge in [-0.05, 0) is 85.6 Å². The zero-order valence-electron chi connectivity index (χ0n) is 34.1. The first-order valence-electron chi connectivity index (χ1n) is 18.7. The normalized spacial score (nSPS) is 18.1. The summed E-state index contributed by atoms with van der Waals surface area (Å²) in [5.74, 6) is 5.94. The largest absolute Gasteiger partial charge is 0.464 e. The molecular formula is C44H41BrN8O8. The molecule has 16 nitrogen and oxygen atoms in total. The predicted octanol–water partition coefficient (Wildman–Crippen LogP) is 3.95. The molecule has 2 aromatic carbocycles. The number of nitrogens with zero attached hydrogens (tertiary/aromatic N) is 8. The lowest BCUT2D eigenvalue weighted by molar-refractivity contribution is -0.138. The van der Waals surface area contributed by atoms with Crippen LogP contribution in [0.2, 0.25) is 0 Å². The molecule has 2 atom stereocenters. The van der Waals surface area contributed by atoms with Crippen LogP contribution < -0.4 is 0 Å². The van der Waals surface area contributed by atoms with Gasteiger partial charge in [0.25, 0.3) is 11.8 Å². The molecule has 61 heavy (non-hydrogen) atoms. The van der Waals surface area contributed by atoms with E-state index >= 15 is 0 Å². The summed E-state index contributed by atoms with van der Waals surface area (Å²) in [6, 6.07) is 18.5.